The van der Waals surface area contributed by atoms with E-state index < -0.39 is 11.9 Å². The summed E-state index contributed by atoms with van der Waals surface area (Å²) in [7, 11) is 1.33. The van der Waals surface area contributed by atoms with Crippen LogP contribution in [0.4, 0.5) is 0 Å². The number of nitrogens with one attached hydrogen (secondary N) is 1. The molecule has 0 aliphatic rings. The third-order valence-corrected chi connectivity index (χ3v) is 0.539. The van der Waals surface area contributed by atoms with Crippen molar-refractivity contribution in [2.75, 3.05) is 7.11 Å². The third-order valence-electron chi connectivity index (χ3n) is 0.539. The minimum atomic E-state index is -0.755. The second kappa shape index (κ2) is 6.56. The topological polar surface area (TPSA) is 64.4 Å². The van der Waals surface area contributed by atoms with Crippen molar-refractivity contribution >= 4 is 5.91 Å². The molecule has 3 N–H and O–H groups in total. The van der Waals surface area contributed by atoms with Gasteiger partial charge >= 0.3 is 0 Å². The quantitative estimate of drug-likeness (QED) is 0.485. The largest absolute Gasteiger partial charge is 0.348 e. The van der Waals surface area contributed by atoms with Crippen LogP contribution in [0.3, 0.4) is 0 Å². The van der Waals surface area contributed by atoms with Crippen LogP contribution >= 0.6 is 0 Å². The molecule has 0 radical (unpaired) electrons. The zero-order valence-corrected chi connectivity index (χ0v) is 9.34. The first kappa shape index (κ1) is 12.1. The average molecular weight is 355 g/mol. The Morgan fingerprint density at radius 1 is 1.89 bits per heavy atom. The molecule has 0 aromatic heterocycles. The predicted octanol–water partition coefficient (Wildman–Crippen LogP) is -1.17. The van der Waals surface area contributed by atoms with Crippen LogP contribution in [0.5, 0.6) is 0 Å². The minimum Gasteiger partial charge on any atom is -0.348 e. The molecule has 1 unspecified atom stereocenters. The van der Waals surface area contributed by atoms with Crippen molar-refractivity contribution in [2.45, 2.75) is 6.04 Å². The summed E-state index contributed by atoms with van der Waals surface area (Å²) < 4.78 is 0. The second-order valence-electron chi connectivity index (χ2n) is 1.28. The van der Waals surface area contributed by atoms with Crippen LogP contribution in [0, 0.1) is 38.0 Å². The fourth-order valence-corrected chi connectivity index (χ4v) is 0.176. The Hall–Kier alpha value is 0.442. The van der Waals surface area contributed by atoms with Crippen LogP contribution in [-0.2, 0) is 9.63 Å². The van der Waals surface area contributed by atoms with Gasteiger partial charge in [-0.1, -0.05) is 0 Å². The number of hydroxylamine groups is 1. The summed E-state index contributed by atoms with van der Waals surface area (Å²) in [6.45, 7) is 3.24. The zero-order valence-electron chi connectivity index (χ0n) is 5.18. The van der Waals surface area contributed by atoms with Crippen LogP contribution in [0.25, 0.3) is 0 Å². The van der Waals surface area contributed by atoms with Crippen LogP contribution in [0.2, 0.25) is 0 Å². The second-order valence-corrected chi connectivity index (χ2v) is 1.28. The van der Waals surface area contributed by atoms with Crippen molar-refractivity contribution in [1.29, 1.82) is 0 Å². The van der Waals surface area contributed by atoms with Crippen molar-refractivity contribution in [3.63, 3.8) is 0 Å². The van der Waals surface area contributed by atoms with E-state index in [1.54, 1.807) is 0 Å². The van der Waals surface area contributed by atoms with Gasteiger partial charge in [0.2, 0.25) is 5.91 Å². The summed E-state index contributed by atoms with van der Waals surface area (Å²) in [5.74, 6) is -0.424. The van der Waals surface area contributed by atoms with E-state index in [4.69, 9.17) is 5.73 Å². The van der Waals surface area contributed by atoms with E-state index in [-0.39, 0.29) is 31.1 Å². The van der Waals surface area contributed by atoms with Gasteiger partial charge in [-0.2, -0.15) is 0 Å². The van der Waals surface area contributed by atoms with Gasteiger partial charge in [-0.05, 0) is 6.04 Å². The molecule has 52 valence electrons. The van der Waals surface area contributed by atoms with E-state index in [2.05, 4.69) is 11.8 Å². The van der Waals surface area contributed by atoms with E-state index in [1.165, 1.54) is 7.11 Å². The molecular formula is C4H9N2O2U-. The van der Waals surface area contributed by atoms with Gasteiger partial charge < -0.3 is 12.7 Å². The molecule has 0 heterocycles. The standard InChI is InChI=1S/C4H9N2O2.U/c1-3(5)4(7)6-8-2;/h3H,1,5H2,2H3,(H,6,7);/q-1;. The van der Waals surface area contributed by atoms with Gasteiger partial charge in [0.15, 0.2) is 0 Å². The maximum absolute atomic E-state index is 10.3. The number of carbonyl (C=O) groups excluding carboxylic acids is 1. The molecule has 0 fully saturated rings. The van der Waals surface area contributed by atoms with Crippen molar-refractivity contribution in [1.82, 2.24) is 5.48 Å². The number of nitrogens with two attached hydrogens (primary N) is 1. The van der Waals surface area contributed by atoms with Crippen molar-refractivity contribution in [3.05, 3.63) is 6.92 Å². The molecule has 4 nitrogen and oxygen atoms in total. The molecule has 0 rings (SSSR count). The van der Waals surface area contributed by atoms with E-state index in [1.807, 2.05) is 5.48 Å². The van der Waals surface area contributed by atoms with Crippen molar-refractivity contribution in [3.8, 4) is 0 Å². The van der Waals surface area contributed by atoms with Gasteiger partial charge in [0.1, 0.15) is 0 Å². The van der Waals surface area contributed by atoms with Gasteiger partial charge in [-0.15, -0.1) is 0 Å². The Morgan fingerprint density at radius 3 is 2.44 bits per heavy atom. The summed E-state index contributed by atoms with van der Waals surface area (Å²) >= 11 is 0. The SMILES string of the molecule is [CH2-]C(N)C(=O)NOC.[U]. The minimum absolute atomic E-state index is 0. The van der Waals surface area contributed by atoms with Gasteiger partial charge in [0.25, 0.3) is 0 Å². The summed E-state index contributed by atoms with van der Waals surface area (Å²) in [4.78, 5) is 14.6. The number of carbonyl (C=O) groups is 1. The summed E-state index contributed by atoms with van der Waals surface area (Å²) in [5, 5.41) is 0. The van der Waals surface area contributed by atoms with Crippen molar-refractivity contribution < 1.29 is 40.7 Å². The molecular weight excluding hydrogens is 346 g/mol. The summed E-state index contributed by atoms with van der Waals surface area (Å²) in [6, 6.07) is -0.755. The number of rotatable bonds is 2. The first-order chi connectivity index (χ1) is 3.68. The first-order valence-electron chi connectivity index (χ1n) is 2.10. The maximum atomic E-state index is 10.3. The molecule has 1 amide bonds. The summed E-state index contributed by atoms with van der Waals surface area (Å²) in [5.41, 5.74) is 7.04. The van der Waals surface area contributed by atoms with E-state index in [0.29, 0.717) is 0 Å². The molecule has 0 aliphatic carbocycles. The molecule has 0 aromatic carbocycles. The van der Waals surface area contributed by atoms with E-state index in [9.17, 15) is 4.79 Å². The number of hydrogen-bond acceptors (Lipinski definition) is 3. The fourth-order valence-electron chi connectivity index (χ4n) is 0.176. The van der Waals surface area contributed by atoms with Crippen molar-refractivity contribution in [2.24, 2.45) is 5.73 Å². The number of hydrogen-bond donors (Lipinski definition) is 2. The van der Waals surface area contributed by atoms with Gasteiger partial charge in [-0.3, -0.25) is 9.63 Å². The molecule has 0 aromatic rings. The third kappa shape index (κ3) is 6.33. The van der Waals surface area contributed by atoms with E-state index in [0.717, 1.165) is 0 Å². The van der Waals surface area contributed by atoms with Gasteiger partial charge in [0.05, 0.1) is 7.11 Å². The normalized spacial score (nSPS) is 11.4. The average Bonchev–Trinajstić information content (AvgIpc) is 1.67. The Kier molecular flexibility index (Phi) is 8.86. The number of amides is 1. The first-order valence-corrected chi connectivity index (χ1v) is 2.10. The Morgan fingerprint density at radius 2 is 2.33 bits per heavy atom. The zero-order chi connectivity index (χ0) is 6.57. The molecule has 0 aliphatic heterocycles. The Labute approximate surface area is 77.8 Å². The fraction of sp³-hybridized carbons (Fsp3) is 0.500. The van der Waals surface area contributed by atoms with Gasteiger partial charge in [0, 0.05) is 31.1 Å². The van der Waals surface area contributed by atoms with Crippen LogP contribution < -0.4 is 11.2 Å². The van der Waals surface area contributed by atoms with Crippen LogP contribution in [0.1, 0.15) is 0 Å². The van der Waals surface area contributed by atoms with Gasteiger partial charge in [-0.25, -0.2) is 5.48 Å². The molecule has 1 atom stereocenters. The predicted molar refractivity (Wildman–Crippen MR) is 28.5 cm³/mol. The Balaban J connectivity index is 0. The molecule has 0 saturated heterocycles. The monoisotopic (exact) mass is 355 g/mol. The Bertz CT molecular complexity index is 86.6. The molecule has 0 saturated carbocycles. The smallest absolute Gasteiger partial charge is 0.229 e. The van der Waals surface area contributed by atoms with Crippen LogP contribution in [0.15, 0.2) is 0 Å². The molecule has 5 heteroatoms. The van der Waals surface area contributed by atoms with E-state index >= 15 is 0 Å². The molecule has 9 heavy (non-hydrogen) atoms. The molecule has 0 bridgehead atoms. The maximum Gasteiger partial charge on any atom is 0.229 e. The van der Waals surface area contributed by atoms with Crippen LogP contribution in [-0.4, -0.2) is 19.1 Å². The molecule has 0 spiro atoms. The summed E-state index contributed by atoms with van der Waals surface area (Å²) in [6.07, 6.45) is 0.